The third kappa shape index (κ3) is 8.48. The molecule has 270 valence electrons. The van der Waals surface area contributed by atoms with Gasteiger partial charge < -0.3 is 33.3 Å². The largest absolute Gasteiger partial charge is 0.497 e. The summed E-state index contributed by atoms with van der Waals surface area (Å²) < 4.78 is 34.2. The molecule has 0 aromatic heterocycles. The Bertz CT molecular complexity index is 1600. The van der Waals surface area contributed by atoms with E-state index in [0.717, 1.165) is 60.8 Å². The minimum absolute atomic E-state index is 0.00609. The molecule has 3 atom stereocenters. The number of piperidine rings is 1. The number of esters is 1. The Balaban J connectivity index is 1.43. The van der Waals surface area contributed by atoms with Crippen molar-refractivity contribution in [3.63, 3.8) is 0 Å². The second kappa shape index (κ2) is 17.5. The maximum atomic E-state index is 14.8. The van der Waals surface area contributed by atoms with Gasteiger partial charge in [-0.15, -0.1) is 0 Å². The molecular weight excluding hydrogens is 634 g/mol. The molecule has 3 aromatic carbocycles. The molecule has 5 rings (SSSR count). The van der Waals surface area contributed by atoms with E-state index in [0.29, 0.717) is 54.6 Å². The first kappa shape index (κ1) is 36.9. The first-order valence-electron chi connectivity index (χ1n) is 17.9. The van der Waals surface area contributed by atoms with Crippen molar-refractivity contribution in [2.24, 2.45) is 5.92 Å². The van der Waals surface area contributed by atoms with Gasteiger partial charge in [0.2, 0.25) is 5.91 Å². The molecule has 1 aliphatic heterocycles. The molecule has 0 unspecified atom stereocenters. The molecule has 9 nitrogen and oxygen atoms in total. The summed E-state index contributed by atoms with van der Waals surface area (Å²) in [5.41, 5.74) is 3.70. The van der Waals surface area contributed by atoms with E-state index in [2.05, 4.69) is 6.07 Å². The lowest BCUT2D eigenvalue weighted by Crippen LogP contribution is -2.51. The number of benzene rings is 3. The van der Waals surface area contributed by atoms with Gasteiger partial charge in [-0.25, -0.2) is 4.79 Å². The minimum Gasteiger partial charge on any atom is -0.497 e. The average Bonchev–Trinajstić information content (AvgIpc) is 3.16. The van der Waals surface area contributed by atoms with Crippen LogP contribution in [0.5, 0.6) is 28.7 Å². The molecule has 0 bridgehead atoms. The predicted octanol–water partition coefficient (Wildman–Crippen LogP) is 8.00. The summed E-state index contributed by atoms with van der Waals surface area (Å²) >= 11 is 0. The van der Waals surface area contributed by atoms with Crippen LogP contribution in [0.25, 0.3) is 0 Å². The van der Waals surface area contributed by atoms with Gasteiger partial charge in [-0.3, -0.25) is 4.79 Å². The van der Waals surface area contributed by atoms with E-state index in [4.69, 9.17) is 28.4 Å². The van der Waals surface area contributed by atoms with E-state index in [1.807, 2.05) is 60.4 Å². The van der Waals surface area contributed by atoms with Gasteiger partial charge in [0.05, 0.1) is 41.5 Å². The maximum Gasteiger partial charge on any atom is 0.329 e. The van der Waals surface area contributed by atoms with E-state index in [9.17, 15) is 9.59 Å². The van der Waals surface area contributed by atoms with Crippen molar-refractivity contribution in [3.05, 3.63) is 76.9 Å². The van der Waals surface area contributed by atoms with Gasteiger partial charge in [0, 0.05) is 6.54 Å². The lowest BCUT2D eigenvalue weighted by molar-refractivity contribution is -0.163. The van der Waals surface area contributed by atoms with Crippen LogP contribution in [-0.4, -0.2) is 64.9 Å². The van der Waals surface area contributed by atoms with E-state index < -0.39 is 12.1 Å². The molecular formula is C41H53NO8. The van der Waals surface area contributed by atoms with E-state index in [-0.39, 0.29) is 23.7 Å². The van der Waals surface area contributed by atoms with Gasteiger partial charge in [0.25, 0.3) is 0 Å². The summed E-state index contributed by atoms with van der Waals surface area (Å²) in [5, 5.41) is 0. The van der Waals surface area contributed by atoms with Gasteiger partial charge in [-0.05, 0) is 110 Å². The van der Waals surface area contributed by atoms with Crippen LogP contribution >= 0.6 is 0 Å². The monoisotopic (exact) mass is 687 g/mol. The Kier molecular flexibility index (Phi) is 12.9. The van der Waals surface area contributed by atoms with Gasteiger partial charge >= 0.3 is 5.97 Å². The normalized spacial score (nSPS) is 17.7. The summed E-state index contributed by atoms with van der Waals surface area (Å²) in [5.74, 6) is 2.68. The molecule has 1 aliphatic carbocycles. The smallest absolute Gasteiger partial charge is 0.329 e. The topological polar surface area (TPSA) is 92.8 Å². The SMILES string of the molecule is COc1cccc([C@@H](CCc2ccc(OC)c(OC)c2)OC(=O)[C@@H]2CCCCN2C(=O)[C@H](c2cc(C)c(OC)c(OC)c2)C2CCCCC2)c1. The molecule has 0 radical (unpaired) electrons. The fraction of sp³-hybridized carbons (Fsp3) is 0.512. The number of carbonyl (C=O) groups excluding carboxylic acids is 2. The van der Waals surface area contributed by atoms with Crippen LogP contribution in [0.4, 0.5) is 0 Å². The second-order valence-electron chi connectivity index (χ2n) is 13.4. The second-order valence-corrected chi connectivity index (χ2v) is 13.4. The highest BCUT2D eigenvalue weighted by Crippen LogP contribution is 2.43. The number of hydrogen-bond acceptors (Lipinski definition) is 8. The van der Waals surface area contributed by atoms with Crippen LogP contribution in [-0.2, 0) is 20.7 Å². The van der Waals surface area contributed by atoms with E-state index in [1.54, 1.807) is 35.5 Å². The lowest BCUT2D eigenvalue weighted by atomic mass is 9.75. The molecule has 9 heteroatoms. The first-order chi connectivity index (χ1) is 24.3. The number of hydrogen-bond donors (Lipinski definition) is 0. The number of aryl methyl sites for hydroxylation is 2. The summed E-state index contributed by atoms with van der Waals surface area (Å²) in [7, 11) is 8.11. The highest BCUT2D eigenvalue weighted by molar-refractivity contribution is 5.89. The number of likely N-dealkylation sites (tertiary alicyclic amines) is 1. The number of ether oxygens (including phenoxy) is 6. The predicted molar refractivity (Wildman–Crippen MR) is 193 cm³/mol. The third-order valence-electron chi connectivity index (χ3n) is 10.4. The molecule has 50 heavy (non-hydrogen) atoms. The van der Waals surface area contributed by atoms with Crippen molar-refractivity contribution in [1.29, 1.82) is 0 Å². The van der Waals surface area contributed by atoms with Crippen LogP contribution in [0.15, 0.2) is 54.6 Å². The Morgan fingerprint density at radius 3 is 2.18 bits per heavy atom. The van der Waals surface area contributed by atoms with Crippen molar-refractivity contribution in [2.45, 2.75) is 89.2 Å². The van der Waals surface area contributed by atoms with Crippen LogP contribution in [0.3, 0.4) is 0 Å². The highest BCUT2D eigenvalue weighted by atomic mass is 16.5. The molecule has 1 heterocycles. The van der Waals surface area contributed by atoms with Crippen molar-refractivity contribution in [1.82, 2.24) is 4.90 Å². The standard InChI is InChI=1S/C41H53NO8/c1-27-23-31(26-37(48-5)39(27)49-6)38(29-13-8-7-9-14-29)40(43)42-22-11-10-17-33(42)41(44)50-34(30-15-12-16-32(25-30)45-2)20-18-28-19-21-35(46-3)36(24-28)47-4/h12,15-16,19,21,23-26,29,33-34,38H,7-11,13-14,17-18,20,22H2,1-6H3/t33-,34+,38-/m0/s1. The quantitative estimate of drug-likeness (QED) is 0.158. The van der Waals surface area contributed by atoms with Crippen LogP contribution in [0.2, 0.25) is 0 Å². The van der Waals surface area contributed by atoms with Gasteiger partial charge in [-0.1, -0.05) is 43.5 Å². The molecule has 3 aromatic rings. The molecule has 2 fully saturated rings. The zero-order chi connectivity index (χ0) is 35.6. The average molecular weight is 688 g/mol. The molecule has 1 saturated heterocycles. The Hall–Kier alpha value is -4.40. The van der Waals surface area contributed by atoms with E-state index in [1.165, 1.54) is 6.42 Å². The van der Waals surface area contributed by atoms with Crippen molar-refractivity contribution in [3.8, 4) is 28.7 Å². The zero-order valence-corrected chi connectivity index (χ0v) is 30.5. The minimum atomic E-state index is -0.669. The summed E-state index contributed by atoms with van der Waals surface area (Å²) in [4.78, 5) is 31.0. The number of amides is 1. The highest BCUT2D eigenvalue weighted by Gasteiger charge is 2.41. The fourth-order valence-corrected chi connectivity index (χ4v) is 7.75. The van der Waals surface area contributed by atoms with E-state index >= 15 is 0 Å². The number of methoxy groups -OCH3 is 5. The summed E-state index contributed by atoms with van der Waals surface area (Å²) in [6.07, 6.45) is 8.18. The molecule has 2 aliphatic rings. The van der Waals surface area contributed by atoms with Crippen LogP contribution in [0.1, 0.15) is 92.1 Å². The Labute approximate surface area is 297 Å². The number of nitrogens with zero attached hydrogens (tertiary/aromatic N) is 1. The number of rotatable bonds is 14. The summed E-state index contributed by atoms with van der Waals surface area (Å²) in [6, 6.07) is 16.8. The first-order valence-corrected chi connectivity index (χ1v) is 17.9. The van der Waals surface area contributed by atoms with Gasteiger partial charge in [-0.2, -0.15) is 0 Å². The van der Waals surface area contributed by atoms with Gasteiger partial charge in [0.1, 0.15) is 17.9 Å². The fourth-order valence-electron chi connectivity index (χ4n) is 7.75. The zero-order valence-electron chi connectivity index (χ0n) is 30.5. The number of carbonyl (C=O) groups is 2. The molecule has 0 N–H and O–H groups in total. The summed E-state index contributed by atoms with van der Waals surface area (Å²) in [6.45, 7) is 2.50. The van der Waals surface area contributed by atoms with Crippen LogP contribution in [0, 0.1) is 12.8 Å². The molecule has 1 saturated carbocycles. The van der Waals surface area contributed by atoms with Crippen molar-refractivity contribution < 1.29 is 38.0 Å². The Morgan fingerprint density at radius 1 is 0.740 bits per heavy atom. The third-order valence-corrected chi connectivity index (χ3v) is 10.4. The van der Waals surface area contributed by atoms with Crippen LogP contribution < -0.4 is 23.7 Å². The molecule has 0 spiro atoms. The lowest BCUT2D eigenvalue weighted by Gasteiger charge is -2.40. The van der Waals surface area contributed by atoms with Crippen molar-refractivity contribution in [2.75, 3.05) is 42.1 Å². The maximum absolute atomic E-state index is 14.8. The molecule has 1 amide bonds. The van der Waals surface area contributed by atoms with Gasteiger partial charge in [0.15, 0.2) is 23.0 Å². The Morgan fingerprint density at radius 2 is 1.48 bits per heavy atom. The van der Waals surface area contributed by atoms with Crippen molar-refractivity contribution >= 4 is 11.9 Å².